The Morgan fingerprint density at radius 3 is 2.61 bits per heavy atom. The first-order valence-electron chi connectivity index (χ1n) is 7.24. The minimum atomic E-state index is -1.64. The summed E-state index contributed by atoms with van der Waals surface area (Å²) in [5.74, 6) is 0. The van der Waals surface area contributed by atoms with Gasteiger partial charge in [-0.15, -0.1) is 0 Å². The minimum Gasteiger partial charge on any atom is -0.394 e. The summed E-state index contributed by atoms with van der Waals surface area (Å²) in [6.07, 6.45) is 1.69. The summed E-state index contributed by atoms with van der Waals surface area (Å²) in [5, 5.41) is 28.7. The van der Waals surface area contributed by atoms with Gasteiger partial charge >= 0.3 is 5.72 Å². The Balaban J connectivity index is 2.27. The van der Waals surface area contributed by atoms with Gasteiger partial charge < -0.3 is 9.84 Å². The molecule has 122 valence electrons. The molecule has 0 radical (unpaired) electrons. The maximum Gasteiger partial charge on any atom is 0.351 e. The van der Waals surface area contributed by atoms with Gasteiger partial charge in [0.25, 0.3) is 0 Å². The maximum atomic E-state index is 11.5. The highest BCUT2D eigenvalue weighted by Crippen LogP contribution is 2.36. The number of hydrogen-bond donors (Lipinski definition) is 1. The van der Waals surface area contributed by atoms with E-state index in [1.165, 1.54) is 0 Å². The molecule has 0 fully saturated rings. The minimum absolute atomic E-state index is 0.0749. The number of benzene rings is 1. The van der Waals surface area contributed by atoms with Gasteiger partial charge in [0.2, 0.25) is 0 Å². The number of aliphatic hydroxyl groups is 1. The number of azo groups is 1. The van der Waals surface area contributed by atoms with Crippen molar-refractivity contribution in [1.82, 2.24) is 0 Å². The Bertz CT molecular complexity index is 667. The average molecular weight is 317 g/mol. The molecule has 0 aliphatic heterocycles. The standard InChI is InChI=1S/C16H19N3O4/c1-12-11-16(19(21)22,23-9-8-20)13(2)10-15(12)18-17-14-6-4-3-5-7-14/h3-7,10,20H,8-9,11H2,1-2H3. The van der Waals surface area contributed by atoms with Gasteiger partial charge in [-0.05, 0) is 37.6 Å². The molecule has 1 N–H and O–H groups in total. The summed E-state index contributed by atoms with van der Waals surface area (Å²) in [6.45, 7) is 3.03. The van der Waals surface area contributed by atoms with Crippen molar-refractivity contribution in [2.45, 2.75) is 26.0 Å². The topological polar surface area (TPSA) is 97.3 Å². The molecular weight excluding hydrogens is 298 g/mol. The Hall–Kier alpha value is -2.38. The van der Waals surface area contributed by atoms with Crippen molar-refractivity contribution in [3.8, 4) is 0 Å². The molecule has 23 heavy (non-hydrogen) atoms. The van der Waals surface area contributed by atoms with Crippen LogP contribution in [0.25, 0.3) is 0 Å². The average Bonchev–Trinajstić information content (AvgIpc) is 2.54. The molecule has 1 atom stereocenters. The number of aliphatic hydroxyl groups excluding tert-OH is 1. The van der Waals surface area contributed by atoms with E-state index in [9.17, 15) is 10.1 Å². The first kappa shape index (κ1) is 17.0. The zero-order valence-electron chi connectivity index (χ0n) is 13.1. The van der Waals surface area contributed by atoms with Crippen molar-refractivity contribution in [2.24, 2.45) is 10.2 Å². The van der Waals surface area contributed by atoms with Crippen molar-refractivity contribution in [3.05, 3.63) is 63.4 Å². The van der Waals surface area contributed by atoms with Gasteiger partial charge in [0.1, 0.15) is 0 Å². The Morgan fingerprint density at radius 1 is 1.30 bits per heavy atom. The smallest absolute Gasteiger partial charge is 0.351 e. The van der Waals surface area contributed by atoms with Crippen LogP contribution in [0.1, 0.15) is 20.3 Å². The first-order chi connectivity index (χ1) is 11.0. The largest absolute Gasteiger partial charge is 0.394 e. The summed E-state index contributed by atoms with van der Waals surface area (Å²) in [5.41, 5.74) is 0.810. The molecule has 0 bridgehead atoms. The van der Waals surface area contributed by atoms with Gasteiger partial charge in [-0.2, -0.15) is 10.2 Å². The monoisotopic (exact) mass is 317 g/mol. The molecule has 1 unspecified atom stereocenters. The van der Waals surface area contributed by atoms with Crippen molar-refractivity contribution in [1.29, 1.82) is 0 Å². The number of allylic oxidation sites excluding steroid dienone is 1. The molecule has 0 amide bonds. The highest BCUT2D eigenvalue weighted by Gasteiger charge is 2.48. The number of hydrogen-bond acceptors (Lipinski definition) is 6. The molecule has 2 rings (SSSR count). The van der Waals surface area contributed by atoms with E-state index in [0.717, 1.165) is 0 Å². The van der Waals surface area contributed by atoms with E-state index < -0.39 is 10.6 Å². The lowest BCUT2D eigenvalue weighted by Crippen LogP contribution is -2.45. The second-order valence-electron chi connectivity index (χ2n) is 5.32. The Labute approximate surface area is 134 Å². The quantitative estimate of drug-likeness (QED) is 0.376. The zero-order chi connectivity index (χ0) is 16.9. The molecule has 1 aromatic rings. The van der Waals surface area contributed by atoms with Crippen LogP contribution in [0.4, 0.5) is 5.69 Å². The van der Waals surface area contributed by atoms with Crippen LogP contribution in [0, 0.1) is 10.1 Å². The van der Waals surface area contributed by atoms with Gasteiger partial charge in [0, 0.05) is 5.57 Å². The predicted molar refractivity (Wildman–Crippen MR) is 84.8 cm³/mol. The van der Waals surface area contributed by atoms with Crippen LogP contribution < -0.4 is 0 Å². The lowest BCUT2D eigenvalue weighted by Gasteiger charge is -2.29. The Morgan fingerprint density at radius 2 is 2.00 bits per heavy atom. The SMILES string of the molecule is CC1=CC(N=Nc2ccccc2)=C(C)CC1(OCCO)[N+](=O)[O-]. The number of nitrogens with zero attached hydrogens (tertiary/aromatic N) is 3. The highest BCUT2D eigenvalue weighted by atomic mass is 16.7. The second kappa shape index (κ2) is 7.26. The lowest BCUT2D eigenvalue weighted by molar-refractivity contribution is -0.617. The fraction of sp³-hybridized carbons (Fsp3) is 0.375. The van der Waals surface area contributed by atoms with Crippen LogP contribution in [-0.2, 0) is 4.74 Å². The summed E-state index contributed by atoms with van der Waals surface area (Å²) >= 11 is 0. The van der Waals surface area contributed by atoms with E-state index in [2.05, 4.69) is 10.2 Å². The van der Waals surface area contributed by atoms with Crippen LogP contribution in [-0.4, -0.2) is 29.0 Å². The van der Waals surface area contributed by atoms with Crippen LogP contribution in [0.5, 0.6) is 0 Å². The molecular formula is C16H19N3O4. The lowest BCUT2D eigenvalue weighted by atomic mass is 9.89. The fourth-order valence-electron chi connectivity index (χ4n) is 2.39. The van der Waals surface area contributed by atoms with E-state index in [1.54, 1.807) is 19.9 Å². The van der Waals surface area contributed by atoms with Gasteiger partial charge in [-0.25, -0.2) is 0 Å². The Kier molecular flexibility index (Phi) is 5.36. The van der Waals surface area contributed by atoms with Crippen molar-refractivity contribution < 1.29 is 14.8 Å². The van der Waals surface area contributed by atoms with Crippen LogP contribution in [0.2, 0.25) is 0 Å². The summed E-state index contributed by atoms with van der Waals surface area (Å²) in [4.78, 5) is 11.1. The molecule has 0 heterocycles. The van der Waals surface area contributed by atoms with Crippen molar-refractivity contribution in [2.75, 3.05) is 13.2 Å². The van der Waals surface area contributed by atoms with Gasteiger partial charge in [0.15, 0.2) is 0 Å². The first-order valence-corrected chi connectivity index (χ1v) is 7.24. The molecule has 1 aromatic carbocycles. The van der Waals surface area contributed by atoms with Gasteiger partial charge in [-0.1, -0.05) is 18.2 Å². The van der Waals surface area contributed by atoms with Gasteiger partial charge in [0.05, 0.1) is 35.9 Å². The summed E-state index contributed by atoms with van der Waals surface area (Å²) in [6, 6.07) is 9.25. The molecule has 1 aliphatic rings. The van der Waals surface area contributed by atoms with Crippen molar-refractivity contribution in [3.63, 3.8) is 0 Å². The predicted octanol–water partition coefficient (Wildman–Crippen LogP) is 3.38. The fourth-order valence-corrected chi connectivity index (χ4v) is 2.39. The molecule has 7 nitrogen and oxygen atoms in total. The summed E-state index contributed by atoms with van der Waals surface area (Å²) in [7, 11) is 0. The molecule has 0 saturated carbocycles. The number of nitro groups is 1. The molecule has 0 aromatic heterocycles. The maximum absolute atomic E-state index is 11.5. The molecule has 0 saturated heterocycles. The third-order valence-corrected chi connectivity index (χ3v) is 3.67. The normalized spacial score (nSPS) is 21.6. The molecule has 1 aliphatic carbocycles. The van der Waals surface area contributed by atoms with E-state index in [1.807, 2.05) is 30.3 Å². The number of ether oxygens (including phenoxy) is 1. The third-order valence-electron chi connectivity index (χ3n) is 3.67. The van der Waals surface area contributed by atoms with Crippen LogP contribution in [0.3, 0.4) is 0 Å². The third kappa shape index (κ3) is 3.69. The molecule has 0 spiro atoms. The van der Waals surface area contributed by atoms with Gasteiger partial charge in [-0.3, -0.25) is 10.1 Å². The van der Waals surface area contributed by atoms with E-state index >= 15 is 0 Å². The highest BCUT2D eigenvalue weighted by molar-refractivity contribution is 5.38. The molecule has 7 heteroatoms. The van der Waals surface area contributed by atoms with E-state index in [4.69, 9.17) is 9.84 Å². The second-order valence-corrected chi connectivity index (χ2v) is 5.32. The van der Waals surface area contributed by atoms with Crippen LogP contribution >= 0.6 is 0 Å². The zero-order valence-corrected chi connectivity index (χ0v) is 13.1. The summed E-state index contributed by atoms with van der Waals surface area (Å²) < 4.78 is 5.35. The van der Waals surface area contributed by atoms with Crippen LogP contribution in [0.15, 0.2) is 63.5 Å². The number of rotatable bonds is 6. The van der Waals surface area contributed by atoms with E-state index in [0.29, 0.717) is 22.5 Å². The van der Waals surface area contributed by atoms with E-state index in [-0.39, 0.29) is 19.6 Å². The van der Waals surface area contributed by atoms with Crippen molar-refractivity contribution >= 4 is 5.69 Å².